The molecule has 1 heterocycles. The molecule has 0 unspecified atom stereocenters. The second-order valence-electron chi connectivity index (χ2n) is 4.60. The Morgan fingerprint density at radius 2 is 1.95 bits per heavy atom. The average molecular weight is 284 g/mol. The highest BCUT2D eigenvalue weighted by Crippen LogP contribution is 2.25. The van der Waals surface area contributed by atoms with Crippen molar-refractivity contribution in [3.63, 3.8) is 0 Å². The maximum absolute atomic E-state index is 13.6. The number of benzene rings is 2. The fourth-order valence-electron chi connectivity index (χ4n) is 2.11. The van der Waals surface area contributed by atoms with Crippen molar-refractivity contribution in [2.24, 2.45) is 5.73 Å². The summed E-state index contributed by atoms with van der Waals surface area (Å²) in [6, 6.07) is 12.5. The van der Waals surface area contributed by atoms with E-state index in [0.717, 1.165) is 0 Å². The molecule has 0 radical (unpaired) electrons. The summed E-state index contributed by atoms with van der Waals surface area (Å²) in [7, 11) is 0. The van der Waals surface area contributed by atoms with E-state index in [1.54, 1.807) is 30.3 Å². The Bertz CT molecular complexity index is 858. The van der Waals surface area contributed by atoms with E-state index in [0.29, 0.717) is 22.3 Å². The fourth-order valence-corrected chi connectivity index (χ4v) is 2.11. The average Bonchev–Trinajstić information content (AvgIpc) is 2.50. The van der Waals surface area contributed by atoms with Gasteiger partial charge in [-0.2, -0.15) is 0 Å². The number of para-hydroxylation sites is 1. The van der Waals surface area contributed by atoms with Crippen LogP contribution in [-0.2, 0) is 6.54 Å². The number of nitrogens with one attached hydrogen (secondary N) is 1. The lowest BCUT2D eigenvalue weighted by Crippen LogP contribution is -2.08. The summed E-state index contributed by atoms with van der Waals surface area (Å²) in [6.07, 6.45) is 0. The standard InChI is InChI=1S/C16H13FN2O2/c17-13-3-1-2-4-16(13)21-11-5-6-14-12(8-11)15(20)7-10(9-18)19-14/h1-8H,9,18H2,(H,19,20). The van der Waals surface area contributed by atoms with Crippen molar-refractivity contribution in [2.45, 2.75) is 6.54 Å². The lowest BCUT2D eigenvalue weighted by atomic mass is 10.2. The molecule has 0 aliphatic heterocycles. The van der Waals surface area contributed by atoms with Gasteiger partial charge in [-0.3, -0.25) is 4.79 Å². The maximum Gasteiger partial charge on any atom is 0.189 e. The van der Waals surface area contributed by atoms with Gasteiger partial charge in [0.05, 0.1) is 0 Å². The van der Waals surface area contributed by atoms with E-state index in [-0.39, 0.29) is 17.7 Å². The first-order valence-corrected chi connectivity index (χ1v) is 6.46. The van der Waals surface area contributed by atoms with Gasteiger partial charge in [0, 0.05) is 29.2 Å². The van der Waals surface area contributed by atoms with Gasteiger partial charge in [0.1, 0.15) is 5.75 Å². The Morgan fingerprint density at radius 3 is 2.71 bits per heavy atom. The van der Waals surface area contributed by atoms with Crippen molar-refractivity contribution in [3.05, 3.63) is 70.3 Å². The molecule has 0 atom stereocenters. The number of nitrogens with two attached hydrogens (primary N) is 1. The number of hydrogen-bond donors (Lipinski definition) is 2. The van der Waals surface area contributed by atoms with Crippen LogP contribution >= 0.6 is 0 Å². The summed E-state index contributed by atoms with van der Waals surface area (Å²) >= 11 is 0. The van der Waals surface area contributed by atoms with Crippen molar-refractivity contribution in [1.82, 2.24) is 4.98 Å². The van der Waals surface area contributed by atoms with Gasteiger partial charge in [-0.25, -0.2) is 4.39 Å². The molecule has 3 rings (SSSR count). The van der Waals surface area contributed by atoms with Crippen LogP contribution < -0.4 is 15.9 Å². The third kappa shape index (κ3) is 2.64. The molecule has 0 fully saturated rings. The zero-order chi connectivity index (χ0) is 14.8. The number of hydrogen-bond acceptors (Lipinski definition) is 3. The summed E-state index contributed by atoms with van der Waals surface area (Å²) < 4.78 is 19.0. The lowest BCUT2D eigenvalue weighted by Gasteiger charge is -2.08. The molecule has 0 saturated carbocycles. The molecule has 0 aliphatic rings. The Balaban J connectivity index is 2.04. The lowest BCUT2D eigenvalue weighted by molar-refractivity contribution is 0.443. The molecule has 106 valence electrons. The normalized spacial score (nSPS) is 10.8. The van der Waals surface area contributed by atoms with Crippen molar-refractivity contribution in [2.75, 3.05) is 0 Å². The van der Waals surface area contributed by atoms with Crippen LogP contribution in [0.4, 0.5) is 4.39 Å². The quantitative estimate of drug-likeness (QED) is 0.777. The smallest absolute Gasteiger partial charge is 0.189 e. The topological polar surface area (TPSA) is 68.1 Å². The Morgan fingerprint density at radius 1 is 1.14 bits per heavy atom. The van der Waals surface area contributed by atoms with Crippen molar-refractivity contribution in [1.29, 1.82) is 0 Å². The van der Waals surface area contributed by atoms with Crippen LogP contribution in [0.15, 0.2) is 53.3 Å². The Kier molecular flexibility index (Phi) is 3.41. The van der Waals surface area contributed by atoms with Crippen molar-refractivity contribution in [3.8, 4) is 11.5 Å². The number of pyridine rings is 1. The zero-order valence-corrected chi connectivity index (χ0v) is 11.1. The van der Waals surface area contributed by atoms with Gasteiger partial charge < -0.3 is 15.5 Å². The van der Waals surface area contributed by atoms with E-state index in [2.05, 4.69) is 4.98 Å². The predicted octanol–water partition coefficient (Wildman–Crippen LogP) is 2.92. The van der Waals surface area contributed by atoms with E-state index in [1.807, 2.05) is 0 Å². The van der Waals surface area contributed by atoms with Gasteiger partial charge in [-0.15, -0.1) is 0 Å². The summed E-state index contributed by atoms with van der Waals surface area (Å²) in [5.74, 6) is 0.0652. The molecule has 21 heavy (non-hydrogen) atoms. The first-order valence-electron chi connectivity index (χ1n) is 6.46. The second-order valence-corrected chi connectivity index (χ2v) is 4.60. The van der Waals surface area contributed by atoms with E-state index >= 15 is 0 Å². The minimum atomic E-state index is -0.454. The van der Waals surface area contributed by atoms with Gasteiger partial charge in [-0.05, 0) is 30.3 Å². The third-order valence-corrected chi connectivity index (χ3v) is 3.14. The van der Waals surface area contributed by atoms with E-state index < -0.39 is 5.82 Å². The third-order valence-electron chi connectivity index (χ3n) is 3.14. The summed E-state index contributed by atoms with van der Waals surface area (Å²) in [6.45, 7) is 0.263. The number of rotatable bonds is 3. The van der Waals surface area contributed by atoms with Gasteiger partial charge in [0.25, 0.3) is 0 Å². The van der Waals surface area contributed by atoms with Gasteiger partial charge in [0.15, 0.2) is 17.0 Å². The number of ether oxygens (including phenoxy) is 1. The van der Waals surface area contributed by atoms with Crippen LogP contribution in [0.2, 0.25) is 0 Å². The summed E-state index contributed by atoms with van der Waals surface area (Å²) in [5, 5.41) is 0.473. The van der Waals surface area contributed by atoms with Crippen LogP contribution in [0.25, 0.3) is 10.9 Å². The van der Waals surface area contributed by atoms with Gasteiger partial charge >= 0.3 is 0 Å². The highest BCUT2D eigenvalue weighted by atomic mass is 19.1. The largest absolute Gasteiger partial charge is 0.454 e. The van der Waals surface area contributed by atoms with E-state index in [9.17, 15) is 9.18 Å². The first kappa shape index (κ1) is 13.3. The highest BCUT2D eigenvalue weighted by Gasteiger charge is 2.06. The Hall–Kier alpha value is -2.66. The monoisotopic (exact) mass is 284 g/mol. The number of H-pyrrole nitrogens is 1. The molecule has 0 saturated heterocycles. The van der Waals surface area contributed by atoms with Crippen LogP contribution in [0, 0.1) is 5.82 Å². The SMILES string of the molecule is NCc1cc(=O)c2cc(Oc3ccccc3F)ccc2[nH]1. The number of aromatic amines is 1. The molecule has 1 aromatic heterocycles. The van der Waals surface area contributed by atoms with Gasteiger partial charge in [0.2, 0.25) is 0 Å². The molecule has 0 spiro atoms. The molecule has 0 bridgehead atoms. The van der Waals surface area contributed by atoms with Crippen LogP contribution in [0.5, 0.6) is 11.5 Å². The second kappa shape index (κ2) is 5.38. The zero-order valence-electron chi connectivity index (χ0n) is 11.1. The summed E-state index contributed by atoms with van der Waals surface area (Å²) in [4.78, 5) is 15.1. The molecule has 5 heteroatoms. The molecule has 3 aromatic rings. The molecular weight excluding hydrogens is 271 g/mol. The highest BCUT2D eigenvalue weighted by molar-refractivity contribution is 5.80. The van der Waals surface area contributed by atoms with E-state index in [1.165, 1.54) is 18.2 Å². The molecule has 2 aromatic carbocycles. The molecule has 4 nitrogen and oxygen atoms in total. The van der Waals surface area contributed by atoms with E-state index in [4.69, 9.17) is 10.5 Å². The molecule has 3 N–H and O–H groups in total. The molecular formula is C16H13FN2O2. The van der Waals surface area contributed by atoms with Gasteiger partial charge in [-0.1, -0.05) is 12.1 Å². The van der Waals surface area contributed by atoms with Crippen LogP contribution in [0.3, 0.4) is 0 Å². The van der Waals surface area contributed by atoms with Crippen molar-refractivity contribution < 1.29 is 9.13 Å². The minimum Gasteiger partial charge on any atom is -0.454 e. The Labute approximate surface area is 120 Å². The molecule has 0 amide bonds. The van der Waals surface area contributed by atoms with Crippen LogP contribution in [-0.4, -0.2) is 4.98 Å². The maximum atomic E-state index is 13.6. The minimum absolute atomic E-state index is 0.117. The predicted molar refractivity (Wildman–Crippen MR) is 78.9 cm³/mol. The molecule has 0 aliphatic carbocycles. The number of aromatic nitrogens is 1. The first-order chi connectivity index (χ1) is 10.2. The number of fused-ring (bicyclic) bond motifs is 1. The van der Waals surface area contributed by atoms with Crippen LogP contribution in [0.1, 0.15) is 5.69 Å². The van der Waals surface area contributed by atoms with Crippen molar-refractivity contribution >= 4 is 10.9 Å². The number of halogens is 1. The fraction of sp³-hybridized carbons (Fsp3) is 0.0625. The summed E-state index contributed by atoms with van der Waals surface area (Å²) in [5.41, 5.74) is 6.70.